The van der Waals surface area contributed by atoms with E-state index in [0.717, 1.165) is 12.8 Å². The highest BCUT2D eigenvalue weighted by Crippen LogP contribution is 2.46. The smallest absolute Gasteiger partial charge is 0.270 e. The van der Waals surface area contributed by atoms with Gasteiger partial charge in [0.2, 0.25) is 5.91 Å². The van der Waals surface area contributed by atoms with Crippen LogP contribution in [0.4, 0.5) is 10.1 Å². The van der Waals surface area contributed by atoms with E-state index in [1.165, 1.54) is 12.4 Å². The second-order valence-electron chi connectivity index (χ2n) is 9.44. The number of imidazole rings is 1. The van der Waals surface area contributed by atoms with Gasteiger partial charge < -0.3 is 15.2 Å². The van der Waals surface area contributed by atoms with Crippen LogP contribution in [0, 0.1) is 18.2 Å². The highest BCUT2D eigenvalue weighted by Gasteiger charge is 2.47. The van der Waals surface area contributed by atoms with Crippen LogP contribution in [0.25, 0.3) is 0 Å². The first-order valence-electron chi connectivity index (χ1n) is 11.9. The predicted molar refractivity (Wildman–Crippen MR) is 128 cm³/mol. The maximum Gasteiger partial charge on any atom is 0.270 e. The number of hydrogen-bond acceptors (Lipinski definition) is 4. The molecule has 1 aromatic carbocycles. The molecule has 182 valence electrons. The molecule has 0 radical (unpaired) electrons. The highest BCUT2D eigenvalue weighted by molar-refractivity contribution is 6.34. The summed E-state index contributed by atoms with van der Waals surface area (Å²) in [5.41, 5.74) is 0.884. The minimum atomic E-state index is -0.499. The van der Waals surface area contributed by atoms with E-state index >= 15 is 0 Å². The number of nitrogens with zero attached hydrogens (tertiary/aromatic N) is 2. The molecule has 0 unspecified atom stereocenters. The Morgan fingerprint density at radius 3 is 2.74 bits per heavy atom. The van der Waals surface area contributed by atoms with Gasteiger partial charge in [-0.15, -0.1) is 0 Å². The number of aryl methyl sites for hydroxylation is 1. The van der Waals surface area contributed by atoms with E-state index in [0.29, 0.717) is 56.3 Å². The molecule has 1 aromatic heterocycles. The average molecular weight is 489 g/mol. The van der Waals surface area contributed by atoms with Gasteiger partial charge in [0.25, 0.3) is 5.91 Å². The minimum absolute atomic E-state index is 0.0254. The molecule has 2 fully saturated rings. The largest absolute Gasteiger partial charge is 0.348 e. The molecule has 1 spiro atoms. The summed E-state index contributed by atoms with van der Waals surface area (Å²) in [6.07, 6.45) is 6.64. The van der Waals surface area contributed by atoms with Crippen molar-refractivity contribution >= 4 is 34.9 Å². The number of anilines is 1. The van der Waals surface area contributed by atoms with Crippen molar-refractivity contribution in [2.45, 2.75) is 71.3 Å². The summed E-state index contributed by atoms with van der Waals surface area (Å²) in [4.78, 5) is 47.2. The highest BCUT2D eigenvalue weighted by atomic mass is 35.5. The Hall–Kier alpha value is -2.74. The molecule has 2 aliphatic rings. The summed E-state index contributed by atoms with van der Waals surface area (Å²) in [5.74, 6) is -0.861. The van der Waals surface area contributed by atoms with Gasteiger partial charge >= 0.3 is 0 Å². The van der Waals surface area contributed by atoms with Crippen molar-refractivity contribution in [3.8, 4) is 0 Å². The summed E-state index contributed by atoms with van der Waals surface area (Å²) >= 11 is 6.30. The average Bonchev–Trinajstić information content (AvgIpc) is 3.30. The lowest BCUT2D eigenvalue weighted by Crippen LogP contribution is -2.52. The number of carbonyl (C=O) groups is 3. The zero-order valence-corrected chi connectivity index (χ0v) is 20.3. The fraction of sp³-hybridized carbons (Fsp3) is 0.520. The normalized spacial score (nSPS) is 22.8. The van der Waals surface area contributed by atoms with Gasteiger partial charge in [-0.2, -0.15) is 0 Å². The van der Waals surface area contributed by atoms with E-state index in [-0.39, 0.29) is 45.9 Å². The van der Waals surface area contributed by atoms with Gasteiger partial charge in [-0.3, -0.25) is 14.4 Å². The SMILES string of the molecule is CCCC(=O)c1nc[nH]c1C(=O)NC1CCC2(CCCN(c3cc(C)c(F)cc3Cl)C2=O)CC1. The van der Waals surface area contributed by atoms with Gasteiger partial charge in [0.1, 0.15) is 17.2 Å². The number of ketones is 1. The maximum atomic E-state index is 13.9. The molecular formula is C25H30ClFN4O3. The van der Waals surface area contributed by atoms with E-state index in [4.69, 9.17) is 11.6 Å². The van der Waals surface area contributed by atoms with Gasteiger partial charge in [0, 0.05) is 24.4 Å². The Kier molecular flexibility index (Phi) is 7.07. The molecule has 7 nitrogen and oxygen atoms in total. The van der Waals surface area contributed by atoms with Gasteiger partial charge in [-0.1, -0.05) is 18.5 Å². The zero-order valence-electron chi connectivity index (χ0n) is 19.5. The summed E-state index contributed by atoms with van der Waals surface area (Å²) in [5, 5.41) is 3.25. The lowest BCUT2D eigenvalue weighted by atomic mass is 9.67. The molecule has 0 bridgehead atoms. The number of carbonyl (C=O) groups excluding carboxylic acids is 3. The summed E-state index contributed by atoms with van der Waals surface area (Å²) in [6.45, 7) is 4.12. The van der Waals surface area contributed by atoms with Crippen molar-refractivity contribution in [1.29, 1.82) is 0 Å². The lowest BCUT2D eigenvalue weighted by Gasteiger charge is -2.45. The van der Waals surface area contributed by atoms with Gasteiger partial charge in [0.05, 0.1) is 17.0 Å². The molecule has 4 rings (SSSR count). The first-order valence-corrected chi connectivity index (χ1v) is 12.3. The molecule has 9 heteroatoms. The Labute approximate surface area is 203 Å². The van der Waals surface area contributed by atoms with Gasteiger partial charge in [0.15, 0.2) is 5.78 Å². The molecule has 1 saturated heterocycles. The van der Waals surface area contributed by atoms with Crippen LogP contribution >= 0.6 is 11.6 Å². The number of aromatic nitrogens is 2. The fourth-order valence-electron chi connectivity index (χ4n) is 5.21. The van der Waals surface area contributed by atoms with Crippen LogP contribution in [-0.2, 0) is 4.79 Å². The number of halogens is 2. The third-order valence-corrected chi connectivity index (χ3v) is 7.44. The summed E-state index contributed by atoms with van der Waals surface area (Å²) < 4.78 is 13.9. The minimum Gasteiger partial charge on any atom is -0.348 e. The third kappa shape index (κ3) is 4.60. The van der Waals surface area contributed by atoms with Crippen molar-refractivity contribution in [1.82, 2.24) is 15.3 Å². The van der Waals surface area contributed by atoms with Crippen molar-refractivity contribution in [2.24, 2.45) is 5.41 Å². The molecule has 34 heavy (non-hydrogen) atoms. The Morgan fingerprint density at radius 2 is 2.03 bits per heavy atom. The van der Waals surface area contributed by atoms with Crippen molar-refractivity contribution < 1.29 is 18.8 Å². The van der Waals surface area contributed by atoms with E-state index in [9.17, 15) is 18.8 Å². The number of piperidine rings is 1. The van der Waals surface area contributed by atoms with Gasteiger partial charge in [-0.25, -0.2) is 9.37 Å². The number of rotatable bonds is 6. The first kappa shape index (κ1) is 24.4. The molecule has 1 saturated carbocycles. The number of hydrogen-bond donors (Lipinski definition) is 2. The first-order chi connectivity index (χ1) is 16.3. The molecule has 2 amide bonds. The third-order valence-electron chi connectivity index (χ3n) is 7.14. The number of Topliss-reactive ketones (excluding diaryl/α,β-unsaturated/α-hetero) is 1. The number of H-pyrrole nitrogens is 1. The summed E-state index contributed by atoms with van der Waals surface area (Å²) in [7, 11) is 0. The monoisotopic (exact) mass is 488 g/mol. The standard InChI is InChI=1S/C25H30ClFN4O3/c1-3-5-20(32)21-22(29-14-28-21)23(33)30-16-6-9-25(10-7-16)8-4-11-31(24(25)34)19-12-15(2)18(27)13-17(19)26/h12-14,16H,3-11H2,1-2H3,(H,28,29)(H,30,33). The van der Waals surface area contributed by atoms with Crippen LogP contribution in [0.1, 0.15) is 84.8 Å². The van der Waals surface area contributed by atoms with E-state index < -0.39 is 5.41 Å². The van der Waals surface area contributed by atoms with Crippen LogP contribution in [0.3, 0.4) is 0 Å². The van der Waals surface area contributed by atoms with Crippen LogP contribution in [-0.4, -0.2) is 40.2 Å². The quantitative estimate of drug-likeness (QED) is 0.560. The topological polar surface area (TPSA) is 95.2 Å². The molecule has 2 heterocycles. The fourth-order valence-corrected chi connectivity index (χ4v) is 5.46. The zero-order chi connectivity index (χ0) is 24.5. The number of amides is 2. The van der Waals surface area contributed by atoms with Crippen LogP contribution in [0.5, 0.6) is 0 Å². The Balaban J connectivity index is 1.42. The predicted octanol–water partition coefficient (Wildman–Crippen LogP) is 4.98. The van der Waals surface area contributed by atoms with E-state index in [2.05, 4.69) is 15.3 Å². The molecule has 1 aliphatic heterocycles. The Morgan fingerprint density at radius 1 is 1.29 bits per heavy atom. The summed E-state index contributed by atoms with van der Waals surface area (Å²) in [6, 6.07) is 2.82. The van der Waals surface area contributed by atoms with Crippen molar-refractivity contribution in [3.05, 3.63) is 46.3 Å². The molecule has 0 atom stereocenters. The molecule has 2 aromatic rings. The molecule has 2 N–H and O–H groups in total. The molecular weight excluding hydrogens is 459 g/mol. The number of nitrogens with one attached hydrogen (secondary N) is 2. The second-order valence-corrected chi connectivity index (χ2v) is 9.85. The second kappa shape index (κ2) is 9.86. The van der Waals surface area contributed by atoms with E-state index in [1.807, 2.05) is 6.92 Å². The number of benzene rings is 1. The lowest BCUT2D eigenvalue weighted by molar-refractivity contribution is -0.132. The van der Waals surface area contributed by atoms with Crippen molar-refractivity contribution in [3.63, 3.8) is 0 Å². The van der Waals surface area contributed by atoms with Gasteiger partial charge in [-0.05, 0) is 69.6 Å². The number of aromatic amines is 1. The van der Waals surface area contributed by atoms with E-state index in [1.54, 1.807) is 17.9 Å². The van der Waals surface area contributed by atoms with Crippen LogP contribution in [0.2, 0.25) is 5.02 Å². The Bertz CT molecular complexity index is 1110. The van der Waals surface area contributed by atoms with Crippen molar-refractivity contribution in [2.75, 3.05) is 11.4 Å². The van der Waals surface area contributed by atoms with Crippen LogP contribution in [0.15, 0.2) is 18.5 Å². The van der Waals surface area contributed by atoms with Crippen LogP contribution < -0.4 is 10.2 Å². The molecule has 1 aliphatic carbocycles. The maximum absolute atomic E-state index is 13.9.